The van der Waals surface area contributed by atoms with Gasteiger partial charge >= 0.3 is 6.09 Å². The summed E-state index contributed by atoms with van der Waals surface area (Å²) in [4.78, 5) is 11.4. The lowest BCUT2D eigenvalue weighted by Crippen LogP contribution is -2.45. The molecule has 1 radical (unpaired) electrons. The van der Waals surface area contributed by atoms with Gasteiger partial charge in [-0.2, -0.15) is 0 Å². The Hall–Kier alpha value is -0.770. The molecule has 1 rings (SSSR count). The van der Waals surface area contributed by atoms with Gasteiger partial charge in [0, 0.05) is 26.2 Å². The summed E-state index contributed by atoms with van der Waals surface area (Å²) in [5, 5.41) is 13.2. The van der Waals surface area contributed by atoms with Gasteiger partial charge in [0.15, 0.2) is 0 Å². The lowest BCUT2D eigenvalue weighted by Gasteiger charge is -2.22. The molecule has 0 bridgehead atoms. The molecule has 0 atom stereocenters. The molecule has 4 nitrogen and oxygen atoms in total. The van der Waals surface area contributed by atoms with Gasteiger partial charge in [0.05, 0.1) is 0 Å². The van der Waals surface area contributed by atoms with E-state index in [1.165, 1.54) is 4.90 Å². The normalized spacial score (nSPS) is 19.8. The first-order valence-electron chi connectivity index (χ1n) is 2.97. The van der Waals surface area contributed by atoms with E-state index in [-0.39, 0.29) is 0 Å². The van der Waals surface area contributed by atoms with E-state index in [4.69, 9.17) is 0 Å². The Labute approximate surface area is 53.5 Å². The zero-order valence-electron chi connectivity index (χ0n) is 5.09. The lowest BCUT2D eigenvalue weighted by molar-refractivity contribution is 0.114. The first kappa shape index (κ1) is 6.35. The van der Waals surface area contributed by atoms with Crippen molar-refractivity contribution in [2.75, 3.05) is 26.2 Å². The molecule has 0 aromatic rings. The number of carbonyl (C=O) groups excluding carboxylic acids is 1. The van der Waals surface area contributed by atoms with Crippen LogP contribution in [0.4, 0.5) is 4.79 Å². The minimum Gasteiger partial charge on any atom is -0.313 e. The number of rotatable bonds is 0. The number of hydrogen-bond donors (Lipinski definition) is 1. The fourth-order valence-electron chi connectivity index (χ4n) is 0.847. The molecule has 1 N–H and O–H groups in total. The third-order valence-corrected chi connectivity index (χ3v) is 1.38. The van der Waals surface area contributed by atoms with Crippen LogP contribution >= 0.6 is 0 Å². The van der Waals surface area contributed by atoms with Crippen molar-refractivity contribution >= 4 is 6.09 Å². The van der Waals surface area contributed by atoms with Crippen molar-refractivity contribution in [1.82, 2.24) is 10.2 Å². The Morgan fingerprint density at radius 1 is 1.33 bits per heavy atom. The Kier molecular flexibility index (Phi) is 1.89. The number of nitrogens with one attached hydrogen (secondary N) is 1. The van der Waals surface area contributed by atoms with E-state index in [9.17, 15) is 9.90 Å². The summed E-state index contributed by atoms with van der Waals surface area (Å²) in [5.74, 6) is 0. The first-order valence-corrected chi connectivity index (χ1v) is 2.97. The van der Waals surface area contributed by atoms with Crippen LogP contribution in [0.25, 0.3) is 0 Å². The maximum Gasteiger partial charge on any atom is 0.453 e. The zero-order valence-corrected chi connectivity index (χ0v) is 5.09. The van der Waals surface area contributed by atoms with Gasteiger partial charge in [-0.25, -0.2) is 9.90 Å². The van der Waals surface area contributed by atoms with E-state index in [2.05, 4.69) is 5.32 Å². The molecule has 1 fully saturated rings. The summed E-state index contributed by atoms with van der Waals surface area (Å²) in [6, 6.07) is 0. The fourth-order valence-corrected chi connectivity index (χ4v) is 0.847. The maximum absolute atomic E-state index is 10.1. The third-order valence-electron chi connectivity index (χ3n) is 1.38. The molecule has 0 saturated carbocycles. The fraction of sp³-hybridized carbons (Fsp3) is 0.800. The van der Waals surface area contributed by atoms with Gasteiger partial charge in [-0.3, -0.25) is 0 Å². The number of nitrogens with zero attached hydrogens (tertiary/aromatic N) is 1. The van der Waals surface area contributed by atoms with Gasteiger partial charge in [-0.05, 0) is 0 Å². The largest absolute Gasteiger partial charge is 0.453 e. The van der Waals surface area contributed by atoms with Crippen molar-refractivity contribution in [3.05, 3.63) is 0 Å². The summed E-state index contributed by atoms with van der Waals surface area (Å²) in [7, 11) is 0. The van der Waals surface area contributed by atoms with E-state index < -0.39 is 6.09 Å². The lowest BCUT2D eigenvalue weighted by atomic mass is 10.4. The number of carbonyl (C=O) groups is 1. The van der Waals surface area contributed by atoms with Gasteiger partial charge in [0.1, 0.15) is 0 Å². The summed E-state index contributed by atoms with van der Waals surface area (Å²) >= 11 is 0. The predicted molar refractivity (Wildman–Crippen MR) is 30.5 cm³/mol. The summed E-state index contributed by atoms with van der Waals surface area (Å²) in [6.45, 7) is 2.60. The molecular weight excluding hydrogens is 120 g/mol. The molecule has 1 heterocycles. The number of piperazine rings is 1. The molecule has 0 aromatic carbocycles. The Morgan fingerprint density at radius 2 is 1.89 bits per heavy atom. The highest BCUT2D eigenvalue weighted by atomic mass is 16.4. The minimum atomic E-state index is -1.06. The van der Waals surface area contributed by atoms with Crippen molar-refractivity contribution in [2.24, 2.45) is 0 Å². The first-order chi connectivity index (χ1) is 4.30. The van der Waals surface area contributed by atoms with E-state index in [1.54, 1.807) is 0 Å². The summed E-state index contributed by atoms with van der Waals surface area (Å²) < 4.78 is 0. The molecule has 1 saturated heterocycles. The molecule has 51 valence electrons. The zero-order chi connectivity index (χ0) is 6.69. The van der Waals surface area contributed by atoms with Crippen LogP contribution < -0.4 is 5.32 Å². The van der Waals surface area contributed by atoms with Crippen LogP contribution in [0.1, 0.15) is 0 Å². The topological polar surface area (TPSA) is 52.2 Å². The standard InChI is InChI=1S/C5H9N2O2/c8-5(9)7-3-1-6-2-4-7/h6H,1-4H2. The van der Waals surface area contributed by atoms with Crippen LogP contribution in [0.15, 0.2) is 0 Å². The van der Waals surface area contributed by atoms with Crippen molar-refractivity contribution < 1.29 is 9.90 Å². The third kappa shape index (κ3) is 1.57. The highest BCUT2D eigenvalue weighted by molar-refractivity contribution is 5.64. The van der Waals surface area contributed by atoms with Crippen LogP contribution in [0.5, 0.6) is 0 Å². The SMILES string of the molecule is [O]C(=O)N1CCNCC1. The van der Waals surface area contributed by atoms with Crippen LogP contribution in [-0.4, -0.2) is 37.2 Å². The van der Waals surface area contributed by atoms with Gasteiger partial charge < -0.3 is 10.2 Å². The molecule has 9 heavy (non-hydrogen) atoms. The van der Waals surface area contributed by atoms with E-state index in [0.29, 0.717) is 13.1 Å². The van der Waals surface area contributed by atoms with Crippen molar-refractivity contribution in [1.29, 1.82) is 0 Å². The number of hydrogen-bond acceptors (Lipinski definition) is 2. The predicted octanol–water partition coefficient (Wildman–Crippen LogP) is -0.558. The molecule has 0 aromatic heterocycles. The average molecular weight is 129 g/mol. The molecule has 0 unspecified atom stereocenters. The van der Waals surface area contributed by atoms with Crippen LogP contribution in [-0.2, 0) is 5.11 Å². The quantitative estimate of drug-likeness (QED) is 0.476. The van der Waals surface area contributed by atoms with E-state index in [1.807, 2.05) is 0 Å². The second-order valence-corrected chi connectivity index (χ2v) is 2.00. The summed E-state index contributed by atoms with van der Waals surface area (Å²) in [5.41, 5.74) is 0. The van der Waals surface area contributed by atoms with Crippen LogP contribution in [0.2, 0.25) is 0 Å². The van der Waals surface area contributed by atoms with E-state index >= 15 is 0 Å². The molecular formula is C5H9N2O2. The van der Waals surface area contributed by atoms with Gasteiger partial charge in [0.2, 0.25) is 0 Å². The monoisotopic (exact) mass is 129 g/mol. The Morgan fingerprint density at radius 3 is 2.22 bits per heavy atom. The second-order valence-electron chi connectivity index (χ2n) is 2.00. The van der Waals surface area contributed by atoms with Crippen LogP contribution in [0.3, 0.4) is 0 Å². The molecule has 1 aliphatic heterocycles. The highest BCUT2D eigenvalue weighted by Crippen LogP contribution is 1.91. The van der Waals surface area contributed by atoms with Gasteiger partial charge in [0.25, 0.3) is 0 Å². The van der Waals surface area contributed by atoms with Crippen molar-refractivity contribution in [3.63, 3.8) is 0 Å². The highest BCUT2D eigenvalue weighted by Gasteiger charge is 2.14. The molecule has 0 spiro atoms. The van der Waals surface area contributed by atoms with Gasteiger partial charge in [-0.1, -0.05) is 0 Å². The van der Waals surface area contributed by atoms with Crippen molar-refractivity contribution in [2.45, 2.75) is 0 Å². The minimum absolute atomic E-state index is 0.558. The smallest absolute Gasteiger partial charge is 0.313 e. The van der Waals surface area contributed by atoms with Crippen molar-refractivity contribution in [3.8, 4) is 0 Å². The molecule has 4 heteroatoms. The molecule has 1 amide bonds. The number of amides is 1. The molecule has 0 aliphatic carbocycles. The van der Waals surface area contributed by atoms with Gasteiger partial charge in [-0.15, -0.1) is 0 Å². The Balaban J connectivity index is 2.31. The average Bonchev–Trinajstić information content (AvgIpc) is 1.90. The Bertz CT molecular complexity index is 110. The molecule has 1 aliphatic rings. The maximum atomic E-state index is 10.1. The van der Waals surface area contributed by atoms with E-state index in [0.717, 1.165) is 13.1 Å². The van der Waals surface area contributed by atoms with Crippen LogP contribution in [0, 0.1) is 0 Å². The summed E-state index contributed by atoms with van der Waals surface area (Å²) in [6.07, 6.45) is -1.06. The second kappa shape index (κ2) is 2.68.